The summed E-state index contributed by atoms with van der Waals surface area (Å²) in [6.45, 7) is -0.267. The average Bonchev–Trinajstić information content (AvgIpc) is 2.58. The van der Waals surface area contributed by atoms with Gasteiger partial charge in [-0.2, -0.15) is 0 Å². The fourth-order valence-electron chi connectivity index (χ4n) is 2.18. The summed E-state index contributed by atoms with van der Waals surface area (Å²) < 4.78 is 64.6. The zero-order valence-electron chi connectivity index (χ0n) is 15.0. The van der Waals surface area contributed by atoms with E-state index in [0.717, 1.165) is 25.1 Å². The van der Waals surface area contributed by atoms with Gasteiger partial charge in [0.15, 0.2) is 5.78 Å². The molecule has 0 fully saturated rings. The number of halogens is 7. The third-order valence-corrected chi connectivity index (χ3v) is 3.95. The number of ketones is 2. The van der Waals surface area contributed by atoms with Crippen molar-refractivity contribution in [2.45, 2.75) is 26.2 Å². The van der Waals surface area contributed by atoms with Crippen molar-refractivity contribution >= 4 is 34.8 Å². The molecule has 0 atom stereocenters. The van der Waals surface area contributed by atoms with Crippen LogP contribution in [-0.2, 0) is 11.2 Å². The van der Waals surface area contributed by atoms with Gasteiger partial charge in [0, 0.05) is 17.5 Å². The summed E-state index contributed by atoms with van der Waals surface area (Å²) in [6, 6.07) is 5.53. The zero-order valence-corrected chi connectivity index (χ0v) is 16.5. The molecule has 29 heavy (non-hydrogen) atoms. The lowest BCUT2D eigenvalue weighted by Crippen LogP contribution is -2.13. The lowest BCUT2D eigenvalue weighted by Gasteiger charge is -2.09. The highest BCUT2D eigenvalue weighted by atomic mass is 35.5. The molecule has 2 aromatic rings. The van der Waals surface area contributed by atoms with Crippen LogP contribution in [0.2, 0.25) is 10.0 Å². The molecule has 10 heteroatoms. The molecule has 0 saturated heterocycles. The molecule has 0 aliphatic heterocycles. The Labute approximate surface area is 173 Å². The molecule has 0 unspecified atom stereocenters. The van der Waals surface area contributed by atoms with Gasteiger partial charge >= 0.3 is 0 Å². The Kier molecular flexibility index (Phi) is 10.0. The molecule has 2 aromatic carbocycles. The van der Waals surface area contributed by atoms with Crippen LogP contribution in [-0.4, -0.2) is 24.9 Å². The first kappa shape index (κ1) is 24.8. The van der Waals surface area contributed by atoms with E-state index in [2.05, 4.69) is 4.74 Å². The van der Waals surface area contributed by atoms with Gasteiger partial charge in [0.05, 0.1) is 17.0 Å². The first-order valence-electron chi connectivity index (χ1n) is 8.00. The molecule has 0 N–H and O–H groups in total. The van der Waals surface area contributed by atoms with Gasteiger partial charge in [-0.3, -0.25) is 9.59 Å². The van der Waals surface area contributed by atoms with Crippen LogP contribution in [0.4, 0.5) is 22.0 Å². The Hall–Kier alpha value is -2.19. The normalized spacial score (nSPS) is 10.4. The number of carbonyl (C=O) groups is 2. The van der Waals surface area contributed by atoms with Crippen LogP contribution in [0.25, 0.3) is 0 Å². The number of alkyl halides is 3. The number of ether oxygens (including phenoxy) is 1. The van der Waals surface area contributed by atoms with Crippen LogP contribution < -0.4 is 4.74 Å². The highest BCUT2D eigenvalue weighted by Crippen LogP contribution is 2.32. The summed E-state index contributed by atoms with van der Waals surface area (Å²) >= 11 is 11.8. The molecule has 0 aromatic heterocycles. The second-order valence-corrected chi connectivity index (χ2v) is 6.37. The first-order chi connectivity index (χ1) is 13.6. The molecule has 158 valence electrons. The summed E-state index contributed by atoms with van der Waals surface area (Å²) in [5, 5.41) is 0.127. The summed E-state index contributed by atoms with van der Waals surface area (Å²) in [7, 11) is 0. The first-order valence-corrected chi connectivity index (χ1v) is 8.76. The molecule has 0 aliphatic rings. The molecule has 3 nitrogen and oxygen atoms in total. The average molecular weight is 457 g/mol. The van der Waals surface area contributed by atoms with Crippen molar-refractivity contribution in [2.75, 3.05) is 6.86 Å². The Bertz CT molecular complexity index is 852. The highest BCUT2D eigenvalue weighted by molar-refractivity contribution is 6.35. The molecule has 0 amide bonds. The van der Waals surface area contributed by atoms with Crippen molar-refractivity contribution in [1.29, 1.82) is 0 Å². The van der Waals surface area contributed by atoms with Crippen molar-refractivity contribution in [2.24, 2.45) is 0 Å². The lowest BCUT2D eigenvalue weighted by molar-refractivity contribution is -0.117. The predicted molar refractivity (Wildman–Crippen MR) is 98.8 cm³/mol. The summed E-state index contributed by atoms with van der Waals surface area (Å²) in [6.07, 6.45) is -3.15. The van der Waals surface area contributed by atoms with E-state index in [9.17, 15) is 31.5 Å². The Morgan fingerprint density at radius 1 is 1.07 bits per heavy atom. The fourth-order valence-corrected chi connectivity index (χ4v) is 2.64. The van der Waals surface area contributed by atoms with E-state index in [0.29, 0.717) is 0 Å². The zero-order chi connectivity index (χ0) is 22.1. The van der Waals surface area contributed by atoms with Gasteiger partial charge in [0.25, 0.3) is 0 Å². The van der Waals surface area contributed by atoms with E-state index in [-0.39, 0.29) is 27.8 Å². The van der Waals surface area contributed by atoms with E-state index >= 15 is 0 Å². The van der Waals surface area contributed by atoms with E-state index in [1.165, 1.54) is 12.1 Å². The summed E-state index contributed by atoms with van der Waals surface area (Å²) in [5.74, 6) is -3.64. The quantitative estimate of drug-likeness (QED) is 0.281. The molecule has 2 rings (SSSR count). The SMILES string of the molecule is CC(F)F.O=C(CC(=O)c1c(F)cccc1F)Cc1cc(Cl)c(OCF)cc1Cl. The third-order valence-electron chi connectivity index (χ3n) is 3.30. The molecular weight excluding hydrogens is 442 g/mol. The summed E-state index contributed by atoms with van der Waals surface area (Å²) in [5.41, 5.74) is -0.476. The standard InChI is InChI=1S/C17H11Cl2F3O3.C2H4F2/c18-11-7-16(25-8-20)12(19)5-9(11)4-10(23)6-15(24)17-13(21)2-1-3-14(17)22;1-2(3)4/h1-3,5,7H,4,6,8H2;2H,1H3. The van der Waals surface area contributed by atoms with Crippen LogP contribution in [0, 0.1) is 11.6 Å². The van der Waals surface area contributed by atoms with Gasteiger partial charge in [-0.1, -0.05) is 29.3 Å². The van der Waals surface area contributed by atoms with Crippen LogP contribution in [0.3, 0.4) is 0 Å². The van der Waals surface area contributed by atoms with Gasteiger partial charge < -0.3 is 4.74 Å². The largest absolute Gasteiger partial charge is 0.461 e. The third kappa shape index (κ3) is 7.98. The molecule has 0 heterocycles. The minimum Gasteiger partial charge on any atom is -0.461 e. The lowest BCUT2D eigenvalue weighted by atomic mass is 10.0. The van der Waals surface area contributed by atoms with Gasteiger partial charge in [0.1, 0.15) is 23.2 Å². The van der Waals surface area contributed by atoms with Crippen LogP contribution in [0.15, 0.2) is 30.3 Å². The van der Waals surface area contributed by atoms with Gasteiger partial charge in [-0.05, 0) is 30.7 Å². The van der Waals surface area contributed by atoms with Crippen molar-refractivity contribution in [3.63, 3.8) is 0 Å². The van der Waals surface area contributed by atoms with Crippen molar-refractivity contribution in [1.82, 2.24) is 0 Å². The molecule has 0 radical (unpaired) electrons. The van der Waals surface area contributed by atoms with Crippen LogP contribution >= 0.6 is 23.2 Å². The maximum Gasteiger partial charge on any atom is 0.235 e. The molecule has 0 spiro atoms. The molecular formula is C19H15Cl2F5O3. The number of Topliss-reactive ketones (excluding diaryl/α,β-unsaturated/α-hetero) is 2. The smallest absolute Gasteiger partial charge is 0.235 e. The topological polar surface area (TPSA) is 43.4 Å². The van der Waals surface area contributed by atoms with Crippen LogP contribution in [0.1, 0.15) is 29.3 Å². The number of hydrogen-bond donors (Lipinski definition) is 0. The highest BCUT2D eigenvalue weighted by Gasteiger charge is 2.21. The van der Waals surface area contributed by atoms with Crippen molar-refractivity contribution in [3.8, 4) is 5.75 Å². The minimum atomic E-state index is -2.17. The summed E-state index contributed by atoms with van der Waals surface area (Å²) in [4.78, 5) is 24.0. The fraction of sp³-hybridized carbons (Fsp3) is 0.263. The number of hydrogen-bond acceptors (Lipinski definition) is 3. The molecule has 0 aliphatic carbocycles. The Morgan fingerprint density at radius 2 is 1.62 bits per heavy atom. The second kappa shape index (κ2) is 11.7. The van der Waals surface area contributed by atoms with Gasteiger partial charge in [-0.25, -0.2) is 22.0 Å². The van der Waals surface area contributed by atoms with Crippen molar-refractivity contribution < 1.29 is 36.3 Å². The second-order valence-electron chi connectivity index (χ2n) is 5.56. The van der Waals surface area contributed by atoms with Gasteiger partial charge in [0.2, 0.25) is 13.3 Å². The maximum atomic E-state index is 13.6. The van der Waals surface area contributed by atoms with Gasteiger partial charge in [-0.15, -0.1) is 0 Å². The predicted octanol–water partition coefficient (Wildman–Crippen LogP) is 6.23. The monoisotopic (exact) mass is 456 g/mol. The van der Waals surface area contributed by atoms with Crippen LogP contribution in [0.5, 0.6) is 5.75 Å². The number of rotatable bonds is 7. The number of benzene rings is 2. The molecule has 0 saturated carbocycles. The van der Waals surface area contributed by atoms with E-state index in [4.69, 9.17) is 23.2 Å². The van der Waals surface area contributed by atoms with E-state index < -0.39 is 48.5 Å². The van der Waals surface area contributed by atoms with Crippen molar-refractivity contribution in [3.05, 3.63) is 63.1 Å². The minimum absolute atomic E-state index is 0.00914. The van der Waals surface area contributed by atoms with E-state index in [1.807, 2.05) is 0 Å². The Balaban J connectivity index is 0.000000960. The molecule has 0 bridgehead atoms. The Morgan fingerprint density at radius 3 is 2.14 bits per heavy atom. The number of carbonyl (C=O) groups excluding carboxylic acids is 2. The van der Waals surface area contributed by atoms with E-state index in [1.54, 1.807) is 0 Å². The maximum absolute atomic E-state index is 13.6.